The van der Waals surface area contributed by atoms with E-state index in [0.717, 1.165) is 22.2 Å². The van der Waals surface area contributed by atoms with Gasteiger partial charge in [0.1, 0.15) is 6.04 Å². The predicted molar refractivity (Wildman–Crippen MR) is 107 cm³/mol. The number of aromatic amines is 1. The van der Waals surface area contributed by atoms with Gasteiger partial charge in [-0.05, 0) is 35.4 Å². The molecule has 3 heterocycles. The van der Waals surface area contributed by atoms with Crippen LogP contribution in [0.2, 0.25) is 0 Å². The fourth-order valence-electron chi connectivity index (χ4n) is 3.72. The molecule has 1 atom stereocenters. The molecule has 1 aliphatic rings. The first-order valence-corrected chi connectivity index (χ1v) is 9.36. The molecule has 5 rings (SSSR count). The van der Waals surface area contributed by atoms with Gasteiger partial charge in [0.25, 0.3) is 5.91 Å². The Morgan fingerprint density at radius 2 is 1.83 bits per heavy atom. The quantitative estimate of drug-likeness (QED) is 0.565. The van der Waals surface area contributed by atoms with E-state index in [1.54, 1.807) is 17.0 Å². The van der Waals surface area contributed by atoms with E-state index in [2.05, 4.69) is 15.3 Å². The lowest BCUT2D eigenvalue weighted by molar-refractivity contribution is -0.121. The lowest BCUT2D eigenvalue weighted by atomic mass is 9.93. The normalized spacial score (nSPS) is 15.9. The van der Waals surface area contributed by atoms with Crippen molar-refractivity contribution in [1.29, 1.82) is 0 Å². The van der Waals surface area contributed by atoms with Crippen molar-refractivity contribution in [1.82, 2.24) is 14.9 Å². The van der Waals surface area contributed by atoms with Gasteiger partial charge in [-0.3, -0.25) is 14.9 Å². The predicted octanol–water partition coefficient (Wildman–Crippen LogP) is 3.36. The average Bonchev–Trinajstić information content (AvgIpc) is 3.41. The lowest BCUT2D eigenvalue weighted by Gasteiger charge is -2.35. The van der Waals surface area contributed by atoms with Crippen LogP contribution < -0.4 is 5.32 Å². The van der Waals surface area contributed by atoms with Gasteiger partial charge in [-0.15, -0.1) is 0 Å². The van der Waals surface area contributed by atoms with E-state index >= 15 is 0 Å². The lowest BCUT2D eigenvalue weighted by Crippen LogP contribution is -2.50. The van der Waals surface area contributed by atoms with Crippen molar-refractivity contribution in [2.45, 2.75) is 19.0 Å². The number of H-pyrrole nitrogens is 1. The Kier molecular flexibility index (Phi) is 4.13. The van der Waals surface area contributed by atoms with Gasteiger partial charge in [-0.25, -0.2) is 4.98 Å². The van der Waals surface area contributed by atoms with Crippen LogP contribution in [0.5, 0.6) is 0 Å². The van der Waals surface area contributed by atoms with Crippen LogP contribution >= 0.6 is 0 Å². The molecule has 2 N–H and O–H groups in total. The Hall–Kier alpha value is -3.87. The number of furan rings is 1. The molecule has 0 saturated carbocycles. The van der Waals surface area contributed by atoms with Gasteiger partial charge in [0, 0.05) is 13.0 Å². The summed E-state index contributed by atoms with van der Waals surface area (Å²) in [5.41, 5.74) is 3.68. The highest BCUT2D eigenvalue weighted by molar-refractivity contribution is 6.00. The highest BCUT2D eigenvalue weighted by atomic mass is 16.3. The Morgan fingerprint density at radius 3 is 2.62 bits per heavy atom. The summed E-state index contributed by atoms with van der Waals surface area (Å²) in [6.07, 6.45) is 1.88. The first-order valence-electron chi connectivity index (χ1n) is 9.36. The molecule has 4 aromatic rings. The molecule has 0 radical (unpaired) electrons. The van der Waals surface area contributed by atoms with E-state index in [9.17, 15) is 9.59 Å². The molecule has 7 heteroatoms. The summed E-state index contributed by atoms with van der Waals surface area (Å²) in [7, 11) is 0. The van der Waals surface area contributed by atoms with Crippen LogP contribution in [0.4, 0.5) is 5.95 Å². The average molecular weight is 386 g/mol. The molecule has 144 valence electrons. The zero-order chi connectivity index (χ0) is 19.8. The highest BCUT2D eigenvalue weighted by Crippen LogP contribution is 2.26. The van der Waals surface area contributed by atoms with Crippen LogP contribution in [0.3, 0.4) is 0 Å². The molecule has 0 spiro atoms. The van der Waals surface area contributed by atoms with Gasteiger partial charge in [-0.2, -0.15) is 0 Å². The van der Waals surface area contributed by atoms with Crippen LogP contribution in [0.1, 0.15) is 21.7 Å². The van der Waals surface area contributed by atoms with E-state index in [0.29, 0.717) is 18.9 Å². The summed E-state index contributed by atoms with van der Waals surface area (Å²) in [5, 5.41) is 2.83. The summed E-state index contributed by atoms with van der Waals surface area (Å²) in [4.78, 5) is 35.2. The number of benzene rings is 2. The van der Waals surface area contributed by atoms with Gasteiger partial charge in [0.05, 0.1) is 17.3 Å². The number of nitrogens with one attached hydrogen (secondary N) is 2. The van der Waals surface area contributed by atoms with E-state index in [1.807, 2.05) is 48.5 Å². The van der Waals surface area contributed by atoms with E-state index in [1.165, 1.54) is 6.26 Å². The number of carbonyl (C=O) groups excluding carboxylic acids is 2. The summed E-state index contributed by atoms with van der Waals surface area (Å²) in [5.74, 6) is -0.0286. The monoisotopic (exact) mass is 386 g/mol. The van der Waals surface area contributed by atoms with Crippen molar-refractivity contribution in [3.05, 3.63) is 83.8 Å². The first kappa shape index (κ1) is 17.2. The molecule has 0 bridgehead atoms. The molecule has 0 aliphatic carbocycles. The number of rotatable bonds is 3. The smallest absolute Gasteiger partial charge is 0.290 e. The molecule has 0 fully saturated rings. The summed E-state index contributed by atoms with van der Waals surface area (Å²) >= 11 is 0. The molecule has 2 aromatic carbocycles. The number of amides is 2. The minimum absolute atomic E-state index is 0.214. The number of imidazole rings is 1. The van der Waals surface area contributed by atoms with E-state index in [4.69, 9.17) is 4.42 Å². The van der Waals surface area contributed by atoms with E-state index < -0.39 is 6.04 Å². The third-order valence-electron chi connectivity index (χ3n) is 5.18. The standard InChI is InChI=1S/C22H18N4O3/c27-20(25-22-23-16-8-3-4-9-17(16)24-22)18-12-14-6-1-2-7-15(14)13-26(18)21(28)19-10-5-11-29-19/h1-11,18H,12-13H2,(H2,23,24,25,27). The SMILES string of the molecule is O=C(Nc1nc2ccccc2[nH]1)C1Cc2ccccc2CN1C(=O)c1ccco1. The Bertz CT molecular complexity index is 1160. The van der Waals surface area contributed by atoms with Crippen molar-refractivity contribution >= 4 is 28.8 Å². The minimum atomic E-state index is -0.671. The van der Waals surface area contributed by atoms with Crippen molar-refractivity contribution in [2.75, 3.05) is 5.32 Å². The van der Waals surface area contributed by atoms with Gasteiger partial charge in [0.2, 0.25) is 11.9 Å². The van der Waals surface area contributed by atoms with Crippen LogP contribution in [0.15, 0.2) is 71.3 Å². The fourth-order valence-corrected chi connectivity index (χ4v) is 3.72. The molecule has 2 aromatic heterocycles. The molecular formula is C22H18N4O3. The van der Waals surface area contributed by atoms with Crippen LogP contribution in [-0.2, 0) is 17.8 Å². The number of hydrogen-bond acceptors (Lipinski definition) is 4. The maximum absolute atomic E-state index is 13.1. The maximum Gasteiger partial charge on any atom is 0.290 e. The molecule has 1 aliphatic heterocycles. The van der Waals surface area contributed by atoms with Gasteiger partial charge >= 0.3 is 0 Å². The second-order valence-electron chi connectivity index (χ2n) is 6.99. The molecule has 29 heavy (non-hydrogen) atoms. The van der Waals surface area contributed by atoms with Gasteiger partial charge in [-0.1, -0.05) is 36.4 Å². The number of fused-ring (bicyclic) bond motifs is 2. The maximum atomic E-state index is 13.1. The van der Waals surface area contributed by atoms with Crippen molar-refractivity contribution in [3.63, 3.8) is 0 Å². The summed E-state index contributed by atoms with van der Waals surface area (Å²) in [6, 6.07) is 18.0. The first-order chi connectivity index (χ1) is 14.2. The third kappa shape index (κ3) is 3.16. The number of nitrogens with zero attached hydrogens (tertiary/aromatic N) is 2. The Balaban J connectivity index is 1.46. The second-order valence-corrected chi connectivity index (χ2v) is 6.99. The number of para-hydroxylation sites is 2. The van der Waals surface area contributed by atoms with Gasteiger partial charge in [0.15, 0.2) is 5.76 Å². The minimum Gasteiger partial charge on any atom is -0.459 e. The van der Waals surface area contributed by atoms with Crippen LogP contribution in [-0.4, -0.2) is 32.7 Å². The number of hydrogen-bond donors (Lipinski definition) is 2. The van der Waals surface area contributed by atoms with Gasteiger partial charge < -0.3 is 14.3 Å². The summed E-state index contributed by atoms with van der Waals surface area (Å²) < 4.78 is 5.28. The third-order valence-corrected chi connectivity index (χ3v) is 5.18. The highest BCUT2D eigenvalue weighted by Gasteiger charge is 2.36. The van der Waals surface area contributed by atoms with Crippen molar-refractivity contribution < 1.29 is 14.0 Å². The molecule has 7 nitrogen and oxygen atoms in total. The Morgan fingerprint density at radius 1 is 1.03 bits per heavy atom. The molecule has 0 saturated heterocycles. The van der Waals surface area contributed by atoms with E-state index in [-0.39, 0.29) is 17.6 Å². The number of anilines is 1. The van der Waals surface area contributed by atoms with Crippen molar-refractivity contribution in [2.24, 2.45) is 0 Å². The number of carbonyl (C=O) groups is 2. The molecule has 2 amide bonds. The molecule has 1 unspecified atom stereocenters. The zero-order valence-electron chi connectivity index (χ0n) is 15.5. The zero-order valence-corrected chi connectivity index (χ0v) is 15.5. The van der Waals surface area contributed by atoms with Crippen LogP contribution in [0.25, 0.3) is 11.0 Å². The number of aromatic nitrogens is 2. The van der Waals surface area contributed by atoms with Crippen LogP contribution in [0, 0.1) is 0 Å². The second kappa shape index (κ2) is 6.94. The topological polar surface area (TPSA) is 91.2 Å². The van der Waals surface area contributed by atoms with Crippen molar-refractivity contribution in [3.8, 4) is 0 Å². The fraction of sp³-hybridized carbons (Fsp3) is 0.136. The molecular weight excluding hydrogens is 368 g/mol. The Labute approximate surface area is 166 Å². The largest absolute Gasteiger partial charge is 0.459 e. The summed E-state index contributed by atoms with van der Waals surface area (Å²) in [6.45, 7) is 0.341.